The van der Waals surface area contributed by atoms with Gasteiger partial charge in [-0.3, -0.25) is 9.78 Å². The van der Waals surface area contributed by atoms with E-state index in [9.17, 15) is 27.6 Å². The van der Waals surface area contributed by atoms with E-state index in [2.05, 4.69) is 10.3 Å². The number of carbonyl (C=O) groups excluding carboxylic acids is 3. The number of pyridine rings is 1. The largest absolute Gasteiger partial charge is 0.465 e. The van der Waals surface area contributed by atoms with Gasteiger partial charge in [0.15, 0.2) is 14.4 Å². The molecule has 2 unspecified atom stereocenters. The van der Waals surface area contributed by atoms with Gasteiger partial charge in [-0.1, -0.05) is 34.6 Å². The number of hydrogen-bond donors (Lipinski definition) is 1. The van der Waals surface area contributed by atoms with Gasteiger partial charge in [-0.2, -0.15) is 13.2 Å². The molecule has 1 N–H and O–H groups in total. The van der Waals surface area contributed by atoms with Crippen molar-refractivity contribution in [1.29, 1.82) is 0 Å². The predicted molar refractivity (Wildman–Crippen MR) is 130 cm³/mol. The Hall–Kier alpha value is -2.47. The fraction of sp³-hybridized carbons (Fsp3) is 0.667. The number of hydrogen-bond acceptors (Lipinski definition) is 7. The first kappa shape index (κ1) is 31.6. The average molecular weight is 535 g/mol. The van der Waals surface area contributed by atoms with Crippen LogP contribution in [0.1, 0.15) is 68.0 Å². The molecule has 0 saturated carbocycles. The SMILES string of the molecule is CCOC(=O)c1ccnc(CC(=O)NC(C(C)C)C(O[Si](C)(C)C(C)(C)C)C(F)(F)F)c1C(=O)OC. The quantitative estimate of drug-likeness (QED) is 0.343. The summed E-state index contributed by atoms with van der Waals surface area (Å²) < 4.78 is 58.0. The number of esters is 2. The third-order valence-electron chi connectivity index (χ3n) is 6.16. The van der Waals surface area contributed by atoms with Gasteiger partial charge >= 0.3 is 18.1 Å². The molecule has 0 aliphatic heterocycles. The highest BCUT2D eigenvalue weighted by atomic mass is 28.4. The smallest absolute Gasteiger partial charge is 0.415 e. The minimum atomic E-state index is -4.74. The number of nitrogens with zero attached hydrogens (tertiary/aromatic N) is 1. The Morgan fingerprint density at radius 1 is 1.11 bits per heavy atom. The molecule has 0 bridgehead atoms. The summed E-state index contributed by atoms with van der Waals surface area (Å²) in [4.78, 5) is 41.7. The lowest BCUT2D eigenvalue weighted by atomic mass is 9.97. The summed E-state index contributed by atoms with van der Waals surface area (Å²) in [6.07, 6.45) is -6.33. The second kappa shape index (κ2) is 12.2. The molecular weight excluding hydrogens is 497 g/mol. The molecule has 0 radical (unpaired) electrons. The van der Waals surface area contributed by atoms with Gasteiger partial charge in [0.25, 0.3) is 0 Å². The van der Waals surface area contributed by atoms with E-state index < -0.39 is 61.9 Å². The number of amides is 1. The highest BCUT2D eigenvalue weighted by molar-refractivity contribution is 6.74. The molecule has 8 nitrogen and oxygen atoms in total. The van der Waals surface area contributed by atoms with Gasteiger partial charge in [-0.15, -0.1) is 0 Å². The van der Waals surface area contributed by atoms with Crippen LogP contribution in [0.25, 0.3) is 0 Å². The van der Waals surface area contributed by atoms with Crippen LogP contribution in [0.3, 0.4) is 0 Å². The molecule has 1 aromatic rings. The Morgan fingerprint density at radius 2 is 1.69 bits per heavy atom. The van der Waals surface area contributed by atoms with Gasteiger partial charge in [0.05, 0.1) is 43.0 Å². The lowest BCUT2D eigenvalue weighted by Gasteiger charge is -2.42. The van der Waals surface area contributed by atoms with E-state index in [0.717, 1.165) is 7.11 Å². The monoisotopic (exact) mass is 534 g/mol. The normalized spacial score (nSPS) is 14.2. The fourth-order valence-corrected chi connectivity index (χ4v) is 4.44. The van der Waals surface area contributed by atoms with Crippen LogP contribution in [0.2, 0.25) is 18.1 Å². The zero-order valence-electron chi connectivity index (χ0n) is 22.3. The van der Waals surface area contributed by atoms with Crippen LogP contribution in [0.4, 0.5) is 13.2 Å². The highest BCUT2D eigenvalue weighted by Gasteiger charge is 2.52. The summed E-state index contributed by atoms with van der Waals surface area (Å²) in [5, 5.41) is 1.94. The number of ether oxygens (including phenoxy) is 2. The summed E-state index contributed by atoms with van der Waals surface area (Å²) in [5.41, 5.74) is -0.558. The second-order valence-electron chi connectivity index (χ2n) is 10.2. The molecule has 1 aromatic heterocycles. The third kappa shape index (κ3) is 8.02. The minimum Gasteiger partial charge on any atom is -0.465 e. The molecule has 36 heavy (non-hydrogen) atoms. The maximum Gasteiger partial charge on any atom is 0.415 e. The maximum atomic E-state index is 14.2. The molecular formula is C24H37F3N2O6Si. The summed E-state index contributed by atoms with van der Waals surface area (Å²) in [7, 11) is -1.77. The maximum absolute atomic E-state index is 14.2. The number of halogens is 3. The Balaban J connectivity index is 3.36. The number of rotatable bonds is 10. The van der Waals surface area contributed by atoms with Crippen molar-refractivity contribution in [1.82, 2.24) is 10.3 Å². The molecule has 0 saturated heterocycles. The number of aromatic nitrogens is 1. The summed E-state index contributed by atoms with van der Waals surface area (Å²) in [5.74, 6) is -3.20. The van der Waals surface area contributed by atoms with E-state index >= 15 is 0 Å². The fourth-order valence-electron chi connectivity index (χ4n) is 3.17. The molecule has 0 spiro atoms. The van der Waals surface area contributed by atoms with Crippen LogP contribution in [-0.4, -0.2) is 63.2 Å². The van der Waals surface area contributed by atoms with Crippen LogP contribution in [-0.2, 0) is 25.1 Å². The van der Waals surface area contributed by atoms with Gasteiger partial charge in [0.1, 0.15) is 0 Å². The lowest BCUT2D eigenvalue weighted by Crippen LogP contribution is -2.59. The van der Waals surface area contributed by atoms with Crippen molar-refractivity contribution in [2.24, 2.45) is 5.92 Å². The second-order valence-corrected chi connectivity index (χ2v) is 15.0. The molecule has 204 valence electrons. The summed E-state index contributed by atoms with van der Waals surface area (Å²) >= 11 is 0. The van der Waals surface area contributed by atoms with Gasteiger partial charge in [0.2, 0.25) is 5.91 Å². The first-order chi connectivity index (χ1) is 16.4. The third-order valence-corrected chi connectivity index (χ3v) is 10.6. The summed E-state index contributed by atoms with van der Waals surface area (Å²) in [6, 6.07) is -0.156. The Kier molecular flexibility index (Phi) is 10.7. The van der Waals surface area contributed by atoms with E-state index in [0.29, 0.717) is 0 Å². The van der Waals surface area contributed by atoms with Crippen molar-refractivity contribution in [3.8, 4) is 0 Å². The first-order valence-electron chi connectivity index (χ1n) is 11.6. The van der Waals surface area contributed by atoms with Crippen molar-refractivity contribution in [2.45, 2.75) is 84.4 Å². The Labute approximate surface area is 211 Å². The molecule has 1 rings (SSSR count). The van der Waals surface area contributed by atoms with Crippen LogP contribution in [0.5, 0.6) is 0 Å². The zero-order chi connectivity index (χ0) is 28.1. The van der Waals surface area contributed by atoms with Crippen LogP contribution in [0, 0.1) is 5.92 Å². The molecule has 12 heteroatoms. The van der Waals surface area contributed by atoms with Crippen LogP contribution in [0.15, 0.2) is 12.3 Å². The Bertz CT molecular complexity index is 945. The molecule has 0 fully saturated rings. The van der Waals surface area contributed by atoms with Crippen molar-refractivity contribution in [3.05, 3.63) is 29.1 Å². The zero-order valence-corrected chi connectivity index (χ0v) is 23.3. The van der Waals surface area contributed by atoms with E-state index in [1.54, 1.807) is 33.9 Å². The summed E-state index contributed by atoms with van der Waals surface area (Å²) in [6.45, 7) is 13.6. The predicted octanol–water partition coefficient (Wildman–Crippen LogP) is 4.68. The van der Waals surface area contributed by atoms with Crippen LogP contribution < -0.4 is 5.32 Å². The van der Waals surface area contributed by atoms with E-state index in [1.807, 2.05) is 20.8 Å². The average Bonchev–Trinajstić information content (AvgIpc) is 2.73. The lowest BCUT2D eigenvalue weighted by molar-refractivity contribution is -0.210. The van der Waals surface area contributed by atoms with Crippen molar-refractivity contribution < 1.29 is 41.5 Å². The van der Waals surface area contributed by atoms with E-state index in [-0.39, 0.29) is 23.4 Å². The van der Waals surface area contributed by atoms with Gasteiger partial charge in [-0.05, 0) is 37.0 Å². The van der Waals surface area contributed by atoms with Gasteiger partial charge in [0, 0.05) is 6.20 Å². The van der Waals surface area contributed by atoms with Gasteiger partial charge < -0.3 is 19.2 Å². The molecule has 0 aliphatic rings. The molecule has 1 heterocycles. The number of alkyl halides is 3. The molecule has 1 amide bonds. The van der Waals surface area contributed by atoms with Crippen LogP contribution >= 0.6 is 0 Å². The van der Waals surface area contributed by atoms with Gasteiger partial charge in [-0.25, -0.2) is 9.59 Å². The van der Waals surface area contributed by atoms with Crippen molar-refractivity contribution in [2.75, 3.05) is 13.7 Å². The molecule has 2 atom stereocenters. The first-order valence-corrected chi connectivity index (χ1v) is 14.5. The van der Waals surface area contributed by atoms with E-state index in [1.165, 1.54) is 12.3 Å². The molecule has 0 aromatic carbocycles. The highest BCUT2D eigenvalue weighted by Crippen LogP contribution is 2.41. The van der Waals surface area contributed by atoms with E-state index in [4.69, 9.17) is 13.9 Å². The topological polar surface area (TPSA) is 104 Å². The number of carbonyl (C=O) groups is 3. The standard InChI is InChI=1S/C24H37F3N2O6Si/c1-10-34-21(31)15-11-12-28-16(18(15)22(32)33-7)13-17(30)29-19(14(2)3)20(24(25,26)27)35-36(8,9)23(4,5)6/h11-12,14,19-20H,10,13H2,1-9H3,(H,29,30). The number of nitrogens with one attached hydrogen (secondary N) is 1. The molecule has 0 aliphatic carbocycles. The Morgan fingerprint density at radius 3 is 2.14 bits per heavy atom. The van der Waals surface area contributed by atoms with Crippen molar-refractivity contribution >= 4 is 26.2 Å². The number of methoxy groups -OCH3 is 1. The van der Waals surface area contributed by atoms with Crippen molar-refractivity contribution in [3.63, 3.8) is 0 Å². The minimum absolute atomic E-state index is 0.0424.